The highest BCUT2D eigenvalue weighted by atomic mass is 19.1. The Balaban J connectivity index is 0.000000187. The number of carbonyl (C=O) groups is 1. The maximum Gasteiger partial charge on any atom is 0.223 e. The molecule has 7 heteroatoms. The van der Waals surface area contributed by atoms with Crippen molar-refractivity contribution in [1.82, 2.24) is 10.3 Å². The van der Waals surface area contributed by atoms with Gasteiger partial charge >= 0.3 is 0 Å². The van der Waals surface area contributed by atoms with Gasteiger partial charge in [0.1, 0.15) is 17.5 Å². The van der Waals surface area contributed by atoms with E-state index in [0.29, 0.717) is 16.6 Å². The Morgan fingerprint density at radius 1 is 1.10 bits per heavy atom. The van der Waals surface area contributed by atoms with Gasteiger partial charge in [-0.3, -0.25) is 4.79 Å². The van der Waals surface area contributed by atoms with Crippen molar-refractivity contribution in [3.63, 3.8) is 0 Å². The van der Waals surface area contributed by atoms with Gasteiger partial charge in [-0.25, -0.2) is 13.2 Å². The summed E-state index contributed by atoms with van der Waals surface area (Å²) in [4.78, 5) is 14.2. The number of nitrogens with one attached hydrogen (secondary N) is 2. The lowest BCUT2D eigenvalue weighted by atomic mass is 9.84. The van der Waals surface area contributed by atoms with Crippen molar-refractivity contribution >= 4 is 16.8 Å². The summed E-state index contributed by atoms with van der Waals surface area (Å²) in [6, 6.07) is 9.50. The van der Waals surface area contributed by atoms with E-state index >= 15 is 0 Å². The van der Waals surface area contributed by atoms with E-state index in [2.05, 4.69) is 10.3 Å². The molecule has 1 saturated carbocycles. The summed E-state index contributed by atoms with van der Waals surface area (Å²) in [7, 11) is 0. The van der Waals surface area contributed by atoms with Crippen LogP contribution in [-0.4, -0.2) is 28.1 Å². The van der Waals surface area contributed by atoms with Crippen molar-refractivity contribution in [1.29, 1.82) is 0 Å². The standard InChI is InChI=1S/C14H8F3N.C9H17NO2/c15-10-3-1-8(2-4-10)13-6-9-5-11(16)7-12(17)14(9)18-13;1-9(2,6-11)10-8(12)7-4-3-5-7/h1-7,18H;7,11H,3-6H2,1-2H3,(H,10,12). The van der Waals surface area contributed by atoms with E-state index < -0.39 is 17.2 Å². The second-order valence-electron chi connectivity index (χ2n) is 8.20. The minimum absolute atomic E-state index is 0.00847. The van der Waals surface area contributed by atoms with Crippen LogP contribution in [0.25, 0.3) is 22.2 Å². The van der Waals surface area contributed by atoms with E-state index in [1.807, 2.05) is 13.8 Å². The minimum atomic E-state index is -0.640. The van der Waals surface area contributed by atoms with Crippen molar-refractivity contribution in [2.24, 2.45) is 5.92 Å². The van der Waals surface area contributed by atoms with E-state index in [0.717, 1.165) is 25.3 Å². The lowest BCUT2D eigenvalue weighted by molar-refractivity contribution is -0.129. The molecule has 3 N–H and O–H groups in total. The number of hydrogen-bond donors (Lipinski definition) is 3. The van der Waals surface area contributed by atoms with Crippen LogP contribution in [-0.2, 0) is 4.79 Å². The van der Waals surface area contributed by atoms with Gasteiger partial charge in [0.2, 0.25) is 5.91 Å². The molecule has 4 nitrogen and oxygen atoms in total. The van der Waals surface area contributed by atoms with Gasteiger partial charge in [-0.15, -0.1) is 0 Å². The first-order valence-electron chi connectivity index (χ1n) is 9.85. The summed E-state index contributed by atoms with van der Waals surface area (Å²) >= 11 is 0. The van der Waals surface area contributed by atoms with Gasteiger partial charge in [0.15, 0.2) is 0 Å². The predicted molar refractivity (Wildman–Crippen MR) is 110 cm³/mol. The van der Waals surface area contributed by atoms with Crippen molar-refractivity contribution in [2.75, 3.05) is 6.61 Å². The number of hydrogen-bond acceptors (Lipinski definition) is 2. The molecular weight excluding hydrogens is 393 g/mol. The lowest BCUT2D eigenvalue weighted by Gasteiger charge is -2.30. The molecule has 0 unspecified atom stereocenters. The molecule has 0 saturated heterocycles. The third kappa shape index (κ3) is 5.21. The number of fused-ring (bicyclic) bond motifs is 1. The maximum atomic E-state index is 13.5. The molecule has 1 heterocycles. The first-order chi connectivity index (χ1) is 14.2. The van der Waals surface area contributed by atoms with Crippen LogP contribution in [0, 0.1) is 23.4 Å². The molecule has 0 bridgehead atoms. The van der Waals surface area contributed by atoms with Gasteiger partial charge in [0.05, 0.1) is 17.7 Å². The molecular formula is C23H25F3N2O2. The number of aromatic amines is 1. The predicted octanol–water partition coefficient (Wildman–Crippen LogP) is 4.93. The number of aliphatic hydroxyl groups excluding tert-OH is 1. The van der Waals surface area contributed by atoms with Gasteiger partial charge < -0.3 is 15.4 Å². The molecule has 3 aromatic rings. The Bertz CT molecular complexity index is 1020. The fourth-order valence-electron chi connectivity index (χ4n) is 3.10. The molecule has 1 aliphatic rings. The van der Waals surface area contributed by atoms with Gasteiger partial charge in [-0.1, -0.05) is 6.42 Å². The Morgan fingerprint density at radius 3 is 2.33 bits per heavy atom. The van der Waals surface area contributed by atoms with E-state index in [-0.39, 0.29) is 29.8 Å². The maximum absolute atomic E-state index is 13.5. The van der Waals surface area contributed by atoms with Crippen LogP contribution in [0.15, 0.2) is 42.5 Å². The van der Waals surface area contributed by atoms with Crippen LogP contribution in [0.4, 0.5) is 13.2 Å². The quantitative estimate of drug-likeness (QED) is 0.563. The normalized spacial score (nSPS) is 14.1. The average Bonchev–Trinajstić information content (AvgIpc) is 3.05. The van der Waals surface area contributed by atoms with E-state index in [1.54, 1.807) is 18.2 Å². The van der Waals surface area contributed by atoms with Crippen LogP contribution in [0.2, 0.25) is 0 Å². The molecule has 1 fully saturated rings. The Labute approximate surface area is 173 Å². The largest absolute Gasteiger partial charge is 0.394 e. The molecule has 1 aromatic heterocycles. The minimum Gasteiger partial charge on any atom is -0.394 e. The summed E-state index contributed by atoms with van der Waals surface area (Å²) in [6.07, 6.45) is 3.18. The summed E-state index contributed by atoms with van der Waals surface area (Å²) in [5.74, 6) is -1.30. The summed E-state index contributed by atoms with van der Waals surface area (Å²) in [5, 5.41) is 12.2. The SMILES string of the molecule is CC(C)(CO)NC(=O)C1CCC1.Fc1ccc(-c2cc3cc(F)cc(F)c3[nH]2)cc1. The summed E-state index contributed by atoms with van der Waals surface area (Å²) in [5.41, 5.74) is 1.12. The first kappa shape index (κ1) is 21.9. The number of carbonyl (C=O) groups excluding carboxylic acids is 1. The number of H-pyrrole nitrogens is 1. The van der Waals surface area contributed by atoms with Crippen LogP contribution in [0.5, 0.6) is 0 Å². The lowest BCUT2D eigenvalue weighted by Crippen LogP contribution is -2.49. The number of halogens is 3. The van der Waals surface area contributed by atoms with E-state index in [9.17, 15) is 18.0 Å². The number of aliphatic hydroxyl groups is 1. The van der Waals surface area contributed by atoms with Gasteiger partial charge in [0, 0.05) is 23.1 Å². The Morgan fingerprint density at radius 2 is 1.77 bits per heavy atom. The third-order valence-electron chi connectivity index (χ3n) is 5.13. The highest BCUT2D eigenvalue weighted by Crippen LogP contribution is 2.27. The molecule has 2 aromatic carbocycles. The molecule has 0 aliphatic heterocycles. The Kier molecular flexibility index (Phi) is 6.51. The second-order valence-corrected chi connectivity index (χ2v) is 8.20. The first-order valence-corrected chi connectivity index (χ1v) is 9.85. The van der Waals surface area contributed by atoms with Crippen LogP contribution >= 0.6 is 0 Å². The number of benzene rings is 2. The third-order valence-corrected chi connectivity index (χ3v) is 5.13. The molecule has 1 amide bonds. The number of rotatable bonds is 4. The molecule has 30 heavy (non-hydrogen) atoms. The van der Waals surface area contributed by atoms with Gasteiger partial charge in [-0.05, 0) is 68.7 Å². The topological polar surface area (TPSA) is 65.1 Å². The molecule has 0 radical (unpaired) electrons. The highest BCUT2D eigenvalue weighted by molar-refractivity contribution is 5.86. The van der Waals surface area contributed by atoms with Gasteiger partial charge in [0.25, 0.3) is 0 Å². The molecule has 1 aliphatic carbocycles. The van der Waals surface area contributed by atoms with Crippen LogP contribution in [0.3, 0.4) is 0 Å². The fourth-order valence-corrected chi connectivity index (χ4v) is 3.10. The number of amides is 1. The van der Waals surface area contributed by atoms with Crippen molar-refractivity contribution in [3.8, 4) is 11.3 Å². The molecule has 0 atom stereocenters. The van der Waals surface area contributed by atoms with Crippen molar-refractivity contribution in [3.05, 3.63) is 59.9 Å². The van der Waals surface area contributed by atoms with Crippen molar-refractivity contribution in [2.45, 2.75) is 38.6 Å². The average molecular weight is 418 g/mol. The molecule has 0 spiro atoms. The monoisotopic (exact) mass is 418 g/mol. The zero-order valence-electron chi connectivity index (χ0n) is 16.9. The van der Waals surface area contributed by atoms with E-state index in [4.69, 9.17) is 5.11 Å². The zero-order chi connectivity index (χ0) is 21.9. The second kappa shape index (κ2) is 8.92. The smallest absolute Gasteiger partial charge is 0.223 e. The molecule has 4 rings (SSSR count). The zero-order valence-corrected chi connectivity index (χ0v) is 16.9. The van der Waals surface area contributed by atoms with Crippen LogP contribution < -0.4 is 5.32 Å². The summed E-state index contributed by atoms with van der Waals surface area (Å²) < 4.78 is 39.4. The molecule has 160 valence electrons. The highest BCUT2D eigenvalue weighted by Gasteiger charge is 2.29. The van der Waals surface area contributed by atoms with Gasteiger partial charge in [-0.2, -0.15) is 0 Å². The number of aromatic nitrogens is 1. The van der Waals surface area contributed by atoms with Crippen molar-refractivity contribution < 1.29 is 23.1 Å². The fraction of sp³-hybridized carbons (Fsp3) is 0.348. The van der Waals surface area contributed by atoms with E-state index in [1.165, 1.54) is 18.2 Å². The Hall–Kier alpha value is -2.80. The van der Waals surface area contributed by atoms with Crippen LogP contribution in [0.1, 0.15) is 33.1 Å². The summed E-state index contributed by atoms with van der Waals surface area (Å²) in [6.45, 7) is 3.64.